The van der Waals surface area contributed by atoms with Gasteiger partial charge in [-0.2, -0.15) is 0 Å². The van der Waals surface area contributed by atoms with E-state index in [0.717, 1.165) is 12.0 Å². The molecule has 2 heteroatoms. The van der Waals surface area contributed by atoms with Crippen LogP contribution in [0.3, 0.4) is 0 Å². The lowest BCUT2D eigenvalue weighted by atomic mass is 10.1. The first kappa shape index (κ1) is 8.52. The van der Waals surface area contributed by atoms with Crippen LogP contribution in [0.1, 0.15) is 26.2 Å². The molecule has 1 aliphatic heterocycles. The molecule has 2 rings (SSSR count). The van der Waals surface area contributed by atoms with Gasteiger partial charge in [-0.1, -0.05) is 6.92 Å². The molecule has 2 nitrogen and oxygen atoms in total. The van der Waals surface area contributed by atoms with Crippen molar-refractivity contribution in [1.29, 1.82) is 0 Å². The Labute approximate surface area is 75.3 Å². The molecule has 1 atom stereocenters. The molecule has 2 fully saturated rings. The summed E-state index contributed by atoms with van der Waals surface area (Å²) in [6.45, 7) is 7.30. The molecule has 70 valence electrons. The van der Waals surface area contributed by atoms with E-state index in [2.05, 4.69) is 17.1 Å². The number of hydrogen-bond acceptors (Lipinski definition) is 2. The van der Waals surface area contributed by atoms with Crippen LogP contribution in [0.5, 0.6) is 0 Å². The SMILES string of the molecule is CCCN1CCNCC1C1CC1. The van der Waals surface area contributed by atoms with Crippen molar-refractivity contribution in [3.05, 3.63) is 0 Å². The molecule has 12 heavy (non-hydrogen) atoms. The minimum Gasteiger partial charge on any atom is -0.314 e. The predicted molar refractivity (Wildman–Crippen MR) is 51.2 cm³/mol. The Bertz CT molecular complexity index is 141. The second kappa shape index (κ2) is 3.75. The van der Waals surface area contributed by atoms with E-state index in [-0.39, 0.29) is 0 Å². The van der Waals surface area contributed by atoms with Crippen LogP contribution in [-0.4, -0.2) is 37.1 Å². The Morgan fingerprint density at radius 2 is 2.25 bits per heavy atom. The van der Waals surface area contributed by atoms with Crippen molar-refractivity contribution >= 4 is 0 Å². The highest BCUT2D eigenvalue weighted by atomic mass is 15.2. The van der Waals surface area contributed by atoms with Gasteiger partial charge in [0.05, 0.1) is 0 Å². The summed E-state index contributed by atoms with van der Waals surface area (Å²) in [6.07, 6.45) is 4.27. The molecule has 0 radical (unpaired) electrons. The molecule has 0 aromatic rings. The molecular formula is C10H20N2. The van der Waals surface area contributed by atoms with Gasteiger partial charge in [-0.15, -0.1) is 0 Å². The lowest BCUT2D eigenvalue weighted by Gasteiger charge is -2.36. The molecular weight excluding hydrogens is 148 g/mol. The van der Waals surface area contributed by atoms with Crippen molar-refractivity contribution in [3.63, 3.8) is 0 Å². The minimum atomic E-state index is 0.874. The van der Waals surface area contributed by atoms with Crippen molar-refractivity contribution in [1.82, 2.24) is 10.2 Å². The van der Waals surface area contributed by atoms with Crippen LogP contribution in [0.25, 0.3) is 0 Å². The third kappa shape index (κ3) is 1.80. The molecule has 0 aromatic heterocycles. The van der Waals surface area contributed by atoms with Gasteiger partial charge in [0, 0.05) is 25.7 Å². The van der Waals surface area contributed by atoms with E-state index in [1.165, 1.54) is 45.4 Å². The maximum Gasteiger partial charge on any atom is 0.0249 e. The number of hydrogen-bond donors (Lipinski definition) is 1. The maximum atomic E-state index is 3.50. The van der Waals surface area contributed by atoms with E-state index < -0.39 is 0 Å². The Morgan fingerprint density at radius 1 is 1.42 bits per heavy atom. The summed E-state index contributed by atoms with van der Waals surface area (Å²) >= 11 is 0. The first-order chi connectivity index (χ1) is 5.92. The zero-order valence-corrected chi connectivity index (χ0v) is 8.05. The highest BCUT2D eigenvalue weighted by molar-refractivity contribution is 4.91. The first-order valence-electron chi connectivity index (χ1n) is 5.36. The van der Waals surface area contributed by atoms with Gasteiger partial charge in [0.1, 0.15) is 0 Å². The summed E-state index contributed by atoms with van der Waals surface area (Å²) in [5.74, 6) is 1.03. The molecule has 1 N–H and O–H groups in total. The Kier molecular flexibility index (Phi) is 2.66. The van der Waals surface area contributed by atoms with Crippen LogP contribution in [0.15, 0.2) is 0 Å². The quantitative estimate of drug-likeness (QED) is 0.678. The second-order valence-corrected chi connectivity index (χ2v) is 4.14. The van der Waals surface area contributed by atoms with Crippen LogP contribution in [0.4, 0.5) is 0 Å². The van der Waals surface area contributed by atoms with Crippen LogP contribution in [0, 0.1) is 5.92 Å². The van der Waals surface area contributed by atoms with Crippen LogP contribution < -0.4 is 5.32 Å². The van der Waals surface area contributed by atoms with Gasteiger partial charge in [0.25, 0.3) is 0 Å². The highest BCUT2D eigenvalue weighted by Crippen LogP contribution is 2.35. The summed E-state index contributed by atoms with van der Waals surface area (Å²) in [6, 6.07) is 0.874. The number of nitrogens with one attached hydrogen (secondary N) is 1. The van der Waals surface area contributed by atoms with E-state index in [9.17, 15) is 0 Å². The molecule has 1 aliphatic carbocycles. The van der Waals surface area contributed by atoms with Gasteiger partial charge in [-0.3, -0.25) is 4.90 Å². The topological polar surface area (TPSA) is 15.3 Å². The first-order valence-corrected chi connectivity index (χ1v) is 5.36. The predicted octanol–water partition coefficient (Wildman–Crippen LogP) is 1.08. The zero-order chi connectivity index (χ0) is 8.39. The second-order valence-electron chi connectivity index (χ2n) is 4.14. The maximum absolute atomic E-state index is 3.50. The number of nitrogens with zero attached hydrogens (tertiary/aromatic N) is 1. The van der Waals surface area contributed by atoms with E-state index >= 15 is 0 Å². The summed E-state index contributed by atoms with van der Waals surface area (Å²) in [4.78, 5) is 2.69. The van der Waals surface area contributed by atoms with Crippen molar-refractivity contribution < 1.29 is 0 Å². The molecule has 1 saturated carbocycles. The van der Waals surface area contributed by atoms with Crippen molar-refractivity contribution in [2.24, 2.45) is 5.92 Å². The van der Waals surface area contributed by atoms with E-state index in [1.807, 2.05) is 0 Å². The number of piperazine rings is 1. The highest BCUT2D eigenvalue weighted by Gasteiger charge is 2.35. The summed E-state index contributed by atoms with van der Waals surface area (Å²) in [5, 5.41) is 3.50. The third-order valence-electron chi connectivity index (χ3n) is 3.08. The molecule has 1 heterocycles. The summed E-state index contributed by atoms with van der Waals surface area (Å²) in [7, 11) is 0. The van der Waals surface area contributed by atoms with E-state index in [0.29, 0.717) is 0 Å². The van der Waals surface area contributed by atoms with Crippen molar-refractivity contribution in [3.8, 4) is 0 Å². The van der Waals surface area contributed by atoms with Gasteiger partial charge < -0.3 is 5.32 Å². The zero-order valence-electron chi connectivity index (χ0n) is 8.05. The van der Waals surface area contributed by atoms with Gasteiger partial charge in [-0.25, -0.2) is 0 Å². The lowest BCUT2D eigenvalue weighted by Crippen LogP contribution is -2.52. The molecule has 0 spiro atoms. The van der Waals surface area contributed by atoms with E-state index in [1.54, 1.807) is 0 Å². The van der Waals surface area contributed by atoms with Crippen molar-refractivity contribution in [2.45, 2.75) is 32.2 Å². The van der Waals surface area contributed by atoms with Crippen LogP contribution >= 0.6 is 0 Å². The summed E-state index contributed by atoms with van der Waals surface area (Å²) in [5.41, 5.74) is 0. The van der Waals surface area contributed by atoms with Gasteiger partial charge in [-0.05, 0) is 31.7 Å². The van der Waals surface area contributed by atoms with E-state index in [4.69, 9.17) is 0 Å². The lowest BCUT2D eigenvalue weighted by molar-refractivity contribution is 0.144. The average Bonchev–Trinajstić information content (AvgIpc) is 2.89. The Morgan fingerprint density at radius 3 is 2.92 bits per heavy atom. The minimum absolute atomic E-state index is 0.874. The monoisotopic (exact) mass is 168 g/mol. The Hall–Kier alpha value is -0.0800. The molecule has 0 amide bonds. The largest absolute Gasteiger partial charge is 0.314 e. The molecule has 1 saturated heterocycles. The van der Waals surface area contributed by atoms with Gasteiger partial charge >= 0.3 is 0 Å². The third-order valence-corrected chi connectivity index (χ3v) is 3.08. The normalized spacial score (nSPS) is 32.2. The van der Waals surface area contributed by atoms with Crippen molar-refractivity contribution in [2.75, 3.05) is 26.2 Å². The fourth-order valence-electron chi connectivity index (χ4n) is 2.28. The van der Waals surface area contributed by atoms with Gasteiger partial charge in [0.15, 0.2) is 0 Å². The van der Waals surface area contributed by atoms with Crippen LogP contribution in [-0.2, 0) is 0 Å². The molecule has 1 unspecified atom stereocenters. The van der Waals surface area contributed by atoms with Gasteiger partial charge in [0.2, 0.25) is 0 Å². The summed E-state index contributed by atoms with van der Waals surface area (Å²) < 4.78 is 0. The number of rotatable bonds is 3. The molecule has 0 bridgehead atoms. The average molecular weight is 168 g/mol. The smallest absolute Gasteiger partial charge is 0.0249 e. The standard InChI is InChI=1S/C10H20N2/c1-2-6-12-7-5-11-8-10(12)9-3-4-9/h9-11H,2-8H2,1H3. The fraction of sp³-hybridized carbons (Fsp3) is 1.00. The fourth-order valence-corrected chi connectivity index (χ4v) is 2.28. The van der Waals surface area contributed by atoms with Crippen LogP contribution in [0.2, 0.25) is 0 Å². The Balaban J connectivity index is 1.87. The molecule has 2 aliphatic rings. The molecule has 0 aromatic carbocycles.